The number of benzene rings is 1. The van der Waals surface area contributed by atoms with Crippen LogP contribution in [0.3, 0.4) is 0 Å². The van der Waals surface area contributed by atoms with Crippen LogP contribution < -0.4 is 5.73 Å². The van der Waals surface area contributed by atoms with Gasteiger partial charge in [0.15, 0.2) is 0 Å². The number of rotatable bonds is 6. The standard InChI is InChI=1S/C17H27N/c1-3-14(4-2)13-16(18)17(11-8-12-17)15-9-6-5-7-10-15/h5-7,9-10,14,16H,3-4,8,11-13,18H2,1-2H3. The van der Waals surface area contributed by atoms with Crippen LogP contribution >= 0.6 is 0 Å². The summed E-state index contributed by atoms with van der Waals surface area (Å²) in [5.74, 6) is 0.793. The molecular formula is C17H27N. The van der Waals surface area contributed by atoms with E-state index in [2.05, 4.69) is 44.2 Å². The first-order valence-corrected chi connectivity index (χ1v) is 7.54. The molecule has 1 unspecified atom stereocenters. The second-order valence-corrected chi connectivity index (χ2v) is 5.90. The third-order valence-electron chi connectivity index (χ3n) is 5.05. The van der Waals surface area contributed by atoms with E-state index in [0.29, 0.717) is 6.04 Å². The lowest BCUT2D eigenvalue weighted by Gasteiger charge is -2.48. The SMILES string of the molecule is CCC(CC)CC(N)C1(c2ccccc2)CCC1. The molecule has 0 spiro atoms. The molecule has 2 rings (SSSR count). The molecule has 0 radical (unpaired) electrons. The molecule has 0 bridgehead atoms. The minimum Gasteiger partial charge on any atom is -0.327 e. The van der Waals surface area contributed by atoms with Crippen molar-refractivity contribution in [1.82, 2.24) is 0 Å². The van der Waals surface area contributed by atoms with Gasteiger partial charge in [-0.3, -0.25) is 0 Å². The minimum atomic E-state index is 0.282. The van der Waals surface area contributed by atoms with E-state index in [1.54, 1.807) is 0 Å². The molecule has 1 atom stereocenters. The minimum absolute atomic E-state index is 0.282. The Bertz CT molecular complexity index is 349. The zero-order valence-corrected chi connectivity index (χ0v) is 11.9. The van der Waals surface area contributed by atoms with Gasteiger partial charge in [-0.05, 0) is 30.7 Å². The highest BCUT2D eigenvalue weighted by molar-refractivity contribution is 5.30. The van der Waals surface area contributed by atoms with Gasteiger partial charge in [-0.15, -0.1) is 0 Å². The van der Waals surface area contributed by atoms with Crippen LogP contribution in [0, 0.1) is 5.92 Å². The number of nitrogens with two attached hydrogens (primary N) is 1. The zero-order valence-electron chi connectivity index (χ0n) is 11.9. The number of hydrogen-bond acceptors (Lipinski definition) is 1. The molecule has 0 amide bonds. The van der Waals surface area contributed by atoms with Gasteiger partial charge in [0.2, 0.25) is 0 Å². The van der Waals surface area contributed by atoms with Gasteiger partial charge in [0.1, 0.15) is 0 Å². The van der Waals surface area contributed by atoms with Crippen LogP contribution in [0.25, 0.3) is 0 Å². The van der Waals surface area contributed by atoms with Gasteiger partial charge in [0, 0.05) is 11.5 Å². The van der Waals surface area contributed by atoms with Gasteiger partial charge in [0.25, 0.3) is 0 Å². The van der Waals surface area contributed by atoms with Crippen LogP contribution in [0.4, 0.5) is 0 Å². The van der Waals surface area contributed by atoms with Gasteiger partial charge >= 0.3 is 0 Å². The molecule has 1 fully saturated rings. The Morgan fingerprint density at radius 3 is 2.17 bits per heavy atom. The Labute approximate surface area is 112 Å². The van der Waals surface area contributed by atoms with Crippen molar-refractivity contribution in [3.05, 3.63) is 35.9 Å². The van der Waals surface area contributed by atoms with Crippen molar-refractivity contribution in [3.63, 3.8) is 0 Å². The van der Waals surface area contributed by atoms with Gasteiger partial charge in [-0.2, -0.15) is 0 Å². The summed E-state index contributed by atoms with van der Waals surface area (Å²) in [5.41, 5.74) is 8.35. The Kier molecular flexibility index (Phi) is 4.45. The van der Waals surface area contributed by atoms with Gasteiger partial charge in [-0.25, -0.2) is 0 Å². The molecule has 1 nitrogen and oxygen atoms in total. The summed E-state index contributed by atoms with van der Waals surface area (Å²) >= 11 is 0. The van der Waals surface area contributed by atoms with Crippen molar-refractivity contribution in [3.8, 4) is 0 Å². The maximum absolute atomic E-state index is 6.60. The highest BCUT2D eigenvalue weighted by Crippen LogP contribution is 2.47. The van der Waals surface area contributed by atoms with E-state index < -0.39 is 0 Å². The third-order valence-corrected chi connectivity index (χ3v) is 5.05. The summed E-state index contributed by atoms with van der Waals surface area (Å²) in [6.45, 7) is 4.58. The van der Waals surface area contributed by atoms with E-state index >= 15 is 0 Å². The molecule has 1 aromatic rings. The Balaban J connectivity index is 2.13. The molecule has 18 heavy (non-hydrogen) atoms. The normalized spacial score (nSPS) is 19.6. The zero-order chi connectivity index (χ0) is 13.0. The second-order valence-electron chi connectivity index (χ2n) is 5.90. The van der Waals surface area contributed by atoms with Gasteiger partial charge < -0.3 is 5.73 Å². The first kappa shape index (κ1) is 13.6. The van der Waals surface area contributed by atoms with E-state index in [1.807, 2.05) is 0 Å². The fourth-order valence-corrected chi connectivity index (χ4v) is 3.41. The highest BCUT2D eigenvalue weighted by Gasteiger charge is 2.43. The summed E-state index contributed by atoms with van der Waals surface area (Å²) in [4.78, 5) is 0. The first-order chi connectivity index (χ1) is 8.73. The van der Waals surface area contributed by atoms with Crippen molar-refractivity contribution >= 4 is 0 Å². The summed E-state index contributed by atoms with van der Waals surface area (Å²) in [6, 6.07) is 11.3. The number of hydrogen-bond donors (Lipinski definition) is 1. The van der Waals surface area contributed by atoms with Gasteiger partial charge in [0.05, 0.1) is 0 Å². The van der Waals surface area contributed by atoms with Crippen molar-refractivity contribution in [2.45, 2.75) is 63.8 Å². The highest BCUT2D eigenvalue weighted by atomic mass is 14.7. The molecule has 0 saturated heterocycles. The van der Waals surface area contributed by atoms with E-state index in [-0.39, 0.29) is 5.41 Å². The van der Waals surface area contributed by atoms with E-state index in [9.17, 15) is 0 Å². The monoisotopic (exact) mass is 245 g/mol. The molecule has 1 aliphatic carbocycles. The molecule has 0 heterocycles. The van der Waals surface area contributed by atoms with Crippen LogP contribution in [0.5, 0.6) is 0 Å². The van der Waals surface area contributed by atoms with E-state index in [0.717, 1.165) is 5.92 Å². The predicted octanol–water partition coefficient (Wildman–Crippen LogP) is 4.26. The van der Waals surface area contributed by atoms with Crippen molar-refractivity contribution in [1.29, 1.82) is 0 Å². The Morgan fingerprint density at radius 2 is 1.72 bits per heavy atom. The predicted molar refractivity (Wildman–Crippen MR) is 78.6 cm³/mol. The molecule has 0 aliphatic heterocycles. The summed E-state index contributed by atoms with van der Waals surface area (Å²) in [6.07, 6.45) is 7.59. The molecular weight excluding hydrogens is 218 g/mol. The molecule has 0 aromatic heterocycles. The molecule has 1 heteroatoms. The molecule has 100 valence electrons. The smallest absolute Gasteiger partial charge is 0.0139 e. The average Bonchev–Trinajstić information content (AvgIpc) is 2.36. The second kappa shape index (κ2) is 5.88. The fraction of sp³-hybridized carbons (Fsp3) is 0.647. The quantitative estimate of drug-likeness (QED) is 0.796. The van der Waals surface area contributed by atoms with Crippen LogP contribution in [-0.2, 0) is 5.41 Å². The maximum Gasteiger partial charge on any atom is 0.0139 e. The Morgan fingerprint density at radius 1 is 1.11 bits per heavy atom. The molecule has 2 N–H and O–H groups in total. The Hall–Kier alpha value is -0.820. The molecule has 1 aromatic carbocycles. The summed E-state index contributed by atoms with van der Waals surface area (Å²) in [7, 11) is 0. The third kappa shape index (κ3) is 2.47. The first-order valence-electron chi connectivity index (χ1n) is 7.54. The average molecular weight is 245 g/mol. The van der Waals surface area contributed by atoms with Crippen LogP contribution in [-0.4, -0.2) is 6.04 Å². The molecule has 1 aliphatic rings. The van der Waals surface area contributed by atoms with Crippen LogP contribution in [0.15, 0.2) is 30.3 Å². The maximum atomic E-state index is 6.60. The van der Waals surface area contributed by atoms with Crippen molar-refractivity contribution < 1.29 is 0 Å². The largest absolute Gasteiger partial charge is 0.327 e. The summed E-state index contributed by atoms with van der Waals surface area (Å²) < 4.78 is 0. The van der Waals surface area contributed by atoms with Crippen molar-refractivity contribution in [2.75, 3.05) is 0 Å². The van der Waals surface area contributed by atoms with Gasteiger partial charge in [-0.1, -0.05) is 63.4 Å². The lowest BCUT2D eigenvalue weighted by atomic mass is 9.59. The molecule has 1 saturated carbocycles. The summed E-state index contributed by atoms with van der Waals surface area (Å²) in [5, 5.41) is 0. The lowest BCUT2D eigenvalue weighted by molar-refractivity contribution is 0.171. The lowest BCUT2D eigenvalue weighted by Crippen LogP contribution is -2.51. The van der Waals surface area contributed by atoms with Crippen molar-refractivity contribution in [2.24, 2.45) is 11.7 Å². The van der Waals surface area contributed by atoms with E-state index in [1.165, 1.54) is 44.1 Å². The van der Waals surface area contributed by atoms with Crippen LogP contribution in [0.1, 0.15) is 57.9 Å². The van der Waals surface area contributed by atoms with E-state index in [4.69, 9.17) is 5.73 Å². The topological polar surface area (TPSA) is 26.0 Å². The fourth-order valence-electron chi connectivity index (χ4n) is 3.41. The van der Waals surface area contributed by atoms with Crippen LogP contribution in [0.2, 0.25) is 0 Å².